The largest absolute Gasteiger partial charge is 0.493 e. The lowest BCUT2D eigenvalue weighted by molar-refractivity contribution is -0.120. The highest BCUT2D eigenvalue weighted by Crippen LogP contribution is 2.28. The highest BCUT2D eigenvalue weighted by Gasteiger charge is 2.19. The zero-order valence-corrected chi connectivity index (χ0v) is 15.4. The Labute approximate surface area is 153 Å². The van der Waals surface area contributed by atoms with E-state index in [4.69, 9.17) is 14.7 Å². The zero-order chi connectivity index (χ0) is 19.1. The van der Waals surface area contributed by atoms with Gasteiger partial charge in [-0.2, -0.15) is 5.26 Å². The number of nitriles is 1. The van der Waals surface area contributed by atoms with Gasteiger partial charge in [-0.05, 0) is 55.9 Å². The molecule has 0 spiro atoms. The number of carbonyl (C=O) groups excluding carboxylic acids is 1. The first-order chi connectivity index (χ1) is 12.5. The van der Waals surface area contributed by atoms with Crippen molar-refractivity contribution in [3.8, 4) is 17.6 Å². The number of nitrogens with zero attached hydrogens (tertiary/aromatic N) is 2. The fourth-order valence-electron chi connectivity index (χ4n) is 2.48. The Hall–Kier alpha value is -3.04. The number of hydrogen-bond donors (Lipinski definition) is 1. The number of carbonyl (C=O) groups is 1. The van der Waals surface area contributed by atoms with Gasteiger partial charge in [0.1, 0.15) is 0 Å². The maximum absolute atomic E-state index is 12.5. The van der Waals surface area contributed by atoms with Gasteiger partial charge < -0.3 is 14.8 Å². The number of amides is 1. The summed E-state index contributed by atoms with van der Waals surface area (Å²) >= 11 is 0. The van der Waals surface area contributed by atoms with Crippen LogP contribution in [0.2, 0.25) is 0 Å². The molecule has 1 amide bonds. The van der Waals surface area contributed by atoms with E-state index in [2.05, 4.69) is 11.4 Å². The highest BCUT2D eigenvalue weighted by molar-refractivity contribution is 5.94. The molecule has 6 nitrogen and oxygen atoms in total. The van der Waals surface area contributed by atoms with E-state index in [0.29, 0.717) is 29.3 Å². The molecule has 0 radical (unpaired) electrons. The van der Waals surface area contributed by atoms with E-state index in [1.807, 2.05) is 37.1 Å². The number of ether oxygens (including phenoxy) is 2. The summed E-state index contributed by atoms with van der Waals surface area (Å²) in [6.07, 6.45) is 0. The van der Waals surface area contributed by atoms with Crippen LogP contribution in [0.5, 0.6) is 11.5 Å². The van der Waals surface area contributed by atoms with Crippen molar-refractivity contribution in [1.29, 1.82) is 5.26 Å². The topological polar surface area (TPSA) is 74.6 Å². The Kier molecular flexibility index (Phi) is 6.59. The van der Waals surface area contributed by atoms with Gasteiger partial charge in [-0.3, -0.25) is 9.69 Å². The SMILES string of the molecule is COc1ccc(CN(C)[C@@H](C)C(=O)Nc2ccc(C#N)cc2)cc1OC. The molecule has 0 aliphatic rings. The molecule has 2 rings (SSSR count). The standard InChI is InChI=1S/C20H23N3O3/c1-14(20(24)22-17-8-5-15(12-21)6-9-17)23(2)13-16-7-10-18(25-3)19(11-16)26-4/h5-11,14H,13H2,1-4H3,(H,22,24)/t14-/m0/s1. The summed E-state index contributed by atoms with van der Waals surface area (Å²) in [5, 5.41) is 11.7. The zero-order valence-electron chi connectivity index (χ0n) is 15.4. The van der Waals surface area contributed by atoms with Crippen LogP contribution in [0.15, 0.2) is 42.5 Å². The summed E-state index contributed by atoms with van der Waals surface area (Å²) < 4.78 is 10.6. The molecule has 0 aliphatic heterocycles. The van der Waals surface area contributed by atoms with Crippen LogP contribution in [0.1, 0.15) is 18.1 Å². The third-order valence-electron chi connectivity index (χ3n) is 4.20. The first kappa shape index (κ1) is 19.3. The molecule has 26 heavy (non-hydrogen) atoms. The fraction of sp³-hybridized carbons (Fsp3) is 0.300. The average Bonchev–Trinajstić information content (AvgIpc) is 2.67. The van der Waals surface area contributed by atoms with Crippen molar-refractivity contribution in [2.45, 2.75) is 19.5 Å². The molecule has 0 heterocycles. The van der Waals surface area contributed by atoms with Crippen LogP contribution in [-0.2, 0) is 11.3 Å². The lowest BCUT2D eigenvalue weighted by Gasteiger charge is -2.24. The predicted molar refractivity (Wildman–Crippen MR) is 100 cm³/mol. The summed E-state index contributed by atoms with van der Waals surface area (Å²) in [5.41, 5.74) is 2.24. The quantitative estimate of drug-likeness (QED) is 0.828. The Morgan fingerprint density at radius 2 is 1.81 bits per heavy atom. The van der Waals surface area contributed by atoms with Crippen molar-refractivity contribution in [3.05, 3.63) is 53.6 Å². The molecule has 0 aliphatic carbocycles. The van der Waals surface area contributed by atoms with Crippen LogP contribution in [-0.4, -0.2) is 38.1 Å². The fourth-order valence-corrected chi connectivity index (χ4v) is 2.48. The van der Waals surface area contributed by atoms with E-state index in [-0.39, 0.29) is 11.9 Å². The number of nitrogens with one attached hydrogen (secondary N) is 1. The van der Waals surface area contributed by atoms with Gasteiger partial charge >= 0.3 is 0 Å². The lowest BCUT2D eigenvalue weighted by Crippen LogP contribution is -2.39. The smallest absolute Gasteiger partial charge is 0.241 e. The van der Waals surface area contributed by atoms with Gasteiger partial charge in [0, 0.05) is 12.2 Å². The first-order valence-electron chi connectivity index (χ1n) is 8.20. The summed E-state index contributed by atoms with van der Waals surface area (Å²) in [6, 6.07) is 14.2. The average molecular weight is 353 g/mol. The lowest BCUT2D eigenvalue weighted by atomic mass is 10.1. The summed E-state index contributed by atoms with van der Waals surface area (Å²) in [4.78, 5) is 14.4. The number of likely N-dealkylation sites (N-methyl/N-ethyl adjacent to an activating group) is 1. The maximum atomic E-state index is 12.5. The van der Waals surface area contributed by atoms with Crippen LogP contribution >= 0.6 is 0 Å². The van der Waals surface area contributed by atoms with Crippen LogP contribution in [0, 0.1) is 11.3 Å². The normalized spacial score (nSPS) is 11.5. The van der Waals surface area contributed by atoms with E-state index in [0.717, 1.165) is 5.56 Å². The Balaban J connectivity index is 2.00. The van der Waals surface area contributed by atoms with Gasteiger partial charge in [-0.25, -0.2) is 0 Å². The van der Waals surface area contributed by atoms with Gasteiger partial charge in [0.05, 0.1) is 31.9 Å². The molecule has 2 aromatic carbocycles. The molecule has 0 aromatic heterocycles. The minimum absolute atomic E-state index is 0.113. The third-order valence-corrected chi connectivity index (χ3v) is 4.20. The molecule has 0 fully saturated rings. The van der Waals surface area contributed by atoms with Gasteiger partial charge in [0.15, 0.2) is 11.5 Å². The minimum Gasteiger partial charge on any atom is -0.493 e. The van der Waals surface area contributed by atoms with Crippen molar-refractivity contribution < 1.29 is 14.3 Å². The number of benzene rings is 2. The van der Waals surface area contributed by atoms with E-state index < -0.39 is 0 Å². The molecule has 0 saturated carbocycles. The van der Waals surface area contributed by atoms with Crippen molar-refractivity contribution in [2.24, 2.45) is 0 Å². The molecular weight excluding hydrogens is 330 g/mol. The van der Waals surface area contributed by atoms with Crippen molar-refractivity contribution >= 4 is 11.6 Å². The van der Waals surface area contributed by atoms with Gasteiger partial charge in [0.2, 0.25) is 5.91 Å². The van der Waals surface area contributed by atoms with Crippen molar-refractivity contribution in [1.82, 2.24) is 4.90 Å². The Morgan fingerprint density at radius 1 is 1.15 bits per heavy atom. The van der Waals surface area contributed by atoms with Crippen molar-refractivity contribution in [2.75, 3.05) is 26.6 Å². The molecule has 0 saturated heterocycles. The molecule has 136 valence electrons. The van der Waals surface area contributed by atoms with Crippen LogP contribution in [0.4, 0.5) is 5.69 Å². The number of hydrogen-bond acceptors (Lipinski definition) is 5. The predicted octanol–water partition coefficient (Wildman–Crippen LogP) is 3.03. The second-order valence-corrected chi connectivity index (χ2v) is 5.96. The maximum Gasteiger partial charge on any atom is 0.241 e. The molecule has 0 unspecified atom stereocenters. The second kappa shape index (κ2) is 8.88. The summed E-state index contributed by atoms with van der Waals surface area (Å²) in [6.45, 7) is 2.43. The molecule has 2 aromatic rings. The first-order valence-corrected chi connectivity index (χ1v) is 8.20. The number of anilines is 1. The highest BCUT2D eigenvalue weighted by atomic mass is 16.5. The third kappa shape index (κ3) is 4.74. The summed E-state index contributed by atoms with van der Waals surface area (Å²) in [7, 11) is 5.08. The molecular formula is C20H23N3O3. The Morgan fingerprint density at radius 3 is 2.38 bits per heavy atom. The van der Waals surface area contributed by atoms with Crippen LogP contribution < -0.4 is 14.8 Å². The van der Waals surface area contributed by atoms with Crippen LogP contribution in [0.3, 0.4) is 0 Å². The second-order valence-electron chi connectivity index (χ2n) is 5.96. The van der Waals surface area contributed by atoms with Gasteiger partial charge in [-0.15, -0.1) is 0 Å². The van der Waals surface area contributed by atoms with Gasteiger partial charge in [0.25, 0.3) is 0 Å². The monoisotopic (exact) mass is 353 g/mol. The van der Waals surface area contributed by atoms with Crippen LogP contribution in [0.25, 0.3) is 0 Å². The molecule has 0 bridgehead atoms. The number of methoxy groups -OCH3 is 2. The molecule has 1 atom stereocenters. The minimum atomic E-state index is -0.335. The molecule has 6 heteroatoms. The van der Waals surface area contributed by atoms with E-state index in [1.54, 1.807) is 38.5 Å². The molecule has 1 N–H and O–H groups in total. The summed E-state index contributed by atoms with van der Waals surface area (Å²) in [5.74, 6) is 1.22. The van der Waals surface area contributed by atoms with E-state index in [1.165, 1.54) is 0 Å². The van der Waals surface area contributed by atoms with E-state index in [9.17, 15) is 4.79 Å². The Bertz CT molecular complexity index is 797. The van der Waals surface area contributed by atoms with Gasteiger partial charge in [-0.1, -0.05) is 6.07 Å². The van der Waals surface area contributed by atoms with E-state index >= 15 is 0 Å². The number of rotatable bonds is 7. The van der Waals surface area contributed by atoms with Crippen molar-refractivity contribution in [3.63, 3.8) is 0 Å².